The van der Waals surface area contributed by atoms with Gasteiger partial charge in [0.1, 0.15) is 5.52 Å². The zero-order chi connectivity index (χ0) is 14.1. The number of ether oxygens (including phenoxy) is 1. The highest BCUT2D eigenvalue weighted by Gasteiger charge is 2.29. The summed E-state index contributed by atoms with van der Waals surface area (Å²) in [6.45, 7) is 1.74. The van der Waals surface area contributed by atoms with Crippen molar-refractivity contribution in [3.63, 3.8) is 0 Å². The Hall–Kier alpha value is -2.15. The lowest BCUT2D eigenvalue weighted by atomic mass is 10.2. The van der Waals surface area contributed by atoms with Crippen LogP contribution in [0, 0.1) is 0 Å². The molecule has 1 unspecified atom stereocenters. The van der Waals surface area contributed by atoms with Gasteiger partial charge in [0.25, 0.3) is 5.91 Å². The maximum absolute atomic E-state index is 12.0. The van der Waals surface area contributed by atoms with Crippen LogP contribution in [0.3, 0.4) is 0 Å². The summed E-state index contributed by atoms with van der Waals surface area (Å²) in [5.41, 5.74) is 0.936. The molecule has 2 aromatic heterocycles. The Bertz CT molecular complexity index is 624. The maximum atomic E-state index is 12.0. The van der Waals surface area contributed by atoms with Crippen LogP contribution in [0.25, 0.3) is 5.52 Å². The van der Waals surface area contributed by atoms with Gasteiger partial charge in [-0.25, -0.2) is 9.50 Å². The van der Waals surface area contributed by atoms with E-state index in [-0.39, 0.29) is 5.91 Å². The molecule has 0 N–H and O–H groups in total. The highest BCUT2D eigenvalue weighted by atomic mass is 16.5. The SMILES string of the molecule is CN(C)C(=O)C1CN(c2nccn3nccc23)CCO1. The smallest absolute Gasteiger partial charge is 0.253 e. The predicted octanol–water partition coefficient (Wildman–Crippen LogP) is 0.0227. The van der Waals surface area contributed by atoms with Crippen molar-refractivity contribution in [3.05, 3.63) is 24.7 Å². The van der Waals surface area contributed by atoms with Gasteiger partial charge in [0.05, 0.1) is 19.3 Å². The van der Waals surface area contributed by atoms with E-state index in [0.29, 0.717) is 13.2 Å². The van der Waals surface area contributed by atoms with E-state index in [1.807, 2.05) is 12.3 Å². The first-order chi connectivity index (χ1) is 9.66. The van der Waals surface area contributed by atoms with Crippen molar-refractivity contribution >= 4 is 17.2 Å². The Morgan fingerprint density at radius 3 is 3.10 bits per heavy atom. The monoisotopic (exact) mass is 275 g/mol. The number of carbonyl (C=O) groups is 1. The second-order valence-corrected chi connectivity index (χ2v) is 4.95. The molecule has 0 aromatic carbocycles. The first kappa shape index (κ1) is 12.9. The fourth-order valence-corrected chi connectivity index (χ4v) is 2.37. The molecular formula is C13H17N5O2. The molecule has 20 heavy (non-hydrogen) atoms. The van der Waals surface area contributed by atoms with Crippen LogP contribution in [-0.2, 0) is 9.53 Å². The van der Waals surface area contributed by atoms with Gasteiger partial charge in [-0.2, -0.15) is 5.10 Å². The van der Waals surface area contributed by atoms with Crippen molar-refractivity contribution in [1.82, 2.24) is 19.5 Å². The molecule has 2 aromatic rings. The summed E-state index contributed by atoms with van der Waals surface area (Å²) in [7, 11) is 3.47. The van der Waals surface area contributed by atoms with Crippen LogP contribution in [0.2, 0.25) is 0 Å². The normalized spacial score (nSPS) is 19.3. The lowest BCUT2D eigenvalue weighted by Crippen LogP contribution is -2.49. The van der Waals surface area contributed by atoms with Gasteiger partial charge in [-0.1, -0.05) is 0 Å². The molecule has 1 saturated heterocycles. The number of hydrogen-bond donors (Lipinski definition) is 0. The van der Waals surface area contributed by atoms with Gasteiger partial charge in [0.15, 0.2) is 11.9 Å². The summed E-state index contributed by atoms with van der Waals surface area (Å²) in [5.74, 6) is 0.819. The second-order valence-electron chi connectivity index (χ2n) is 4.95. The molecule has 1 amide bonds. The zero-order valence-corrected chi connectivity index (χ0v) is 11.6. The zero-order valence-electron chi connectivity index (χ0n) is 11.6. The topological polar surface area (TPSA) is 63.0 Å². The standard InChI is InChI=1S/C13H17N5O2/c1-16(2)13(19)11-9-17(7-8-20-11)12-10-3-4-15-18(10)6-5-14-12/h3-6,11H,7-9H2,1-2H3. The first-order valence-electron chi connectivity index (χ1n) is 6.53. The van der Waals surface area contributed by atoms with Crippen LogP contribution in [0.4, 0.5) is 5.82 Å². The first-order valence-corrected chi connectivity index (χ1v) is 6.53. The van der Waals surface area contributed by atoms with Crippen LogP contribution in [0.5, 0.6) is 0 Å². The molecule has 3 rings (SSSR count). The lowest BCUT2D eigenvalue weighted by Gasteiger charge is -2.34. The molecule has 0 spiro atoms. The van der Waals surface area contributed by atoms with Crippen molar-refractivity contribution in [2.45, 2.75) is 6.10 Å². The molecule has 7 nitrogen and oxygen atoms in total. The summed E-state index contributed by atoms with van der Waals surface area (Å²) < 4.78 is 7.34. The number of nitrogens with zero attached hydrogens (tertiary/aromatic N) is 5. The Morgan fingerprint density at radius 2 is 2.30 bits per heavy atom. The highest BCUT2D eigenvalue weighted by Crippen LogP contribution is 2.21. The Balaban J connectivity index is 1.87. The van der Waals surface area contributed by atoms with E-state index in [1.54, 1.807) is 35.9 Å². The van der Waals surface area contributed by atoms with Gasteiger partial charge in [0, 0.05) is 33.0 Å². The largest absolute Gasteiger partial charge is 0.365 e. The van der Waals surface area contributed by atoms with E-state index in [1.165, 1.54) is 0 Å². The number of likely N-dealkylation sites (N-methyl/N-ethyl adjacent to an activating group) is 1. The molecule has 1 fully saturated rings. The van der Waals surface area contributed by atoms with E-state index in [9.17, 15) is 4.79 Å². The summed E-state index contributed by atoms with van der Waals surface area (Å²) in [6, 6.07) is 1.92. The van der Waals surface area contributed by atoms with Crippen LogP contribution in [-0.4, -0.2) is 65.3 Å². The molecule has 0 saturated carbocycles. The summed E-state index contributed by atoms with van der Waals surface area (Å²) >= 11 is 0. The number of morpholine rings is 1. The van der Waals surface area contributed by atoms with Crippen LogP contribution < -0.4 is 4.90 Å². The van der Waals surface area contributed by atoms with Gasteiger partial charge < -0.3 is 14.5 Å². The molecule has 106 valence electrons. The third-order valence-electron chi connectivity index (χ3n) is 3.39. The quantitative estimate of drug-likeness (QED) is 0.773. The van der Waals surface area contributed by atoms with Gasteiger partial charge in [0.2, 0.25) is 0 Å². The third-order valence-corrected chi connectivity index (χ3v) is 3.39. The van der Waals surface area contributed by atoms with Crippen molar-refractivity contribution in [1.29, 1.82) is 0 Å². The molecular weight excluding hydrogens is 258 g/mol. The summed E-state index contributed by atoms with van der Waals surface area (Å²) in [5, 5.41) is 4.20. The van der Waals surface area contributed by atoms with E-state index in [0.717, 1.165) is 17.9 Å². The molecule has 0 radical (unpaired) electrons. The lowest BCUT2D eigenvalue weighted by molar-refractivity contribution is -0.141. The fraction of sp³-hybridized carbons (Fsp3) is 0.462. The van der Waals surface area contributed by atoms with Gasteiger partial charge >= 0.3 is 0 Å². The molecule has 1 atom stereocenters. The molecule has 0 bridgehead atoms. The van der Waals surface area contributed by atoms with Crippen molar-refractivity contribution < 1.29 is 9.53 Å². The predicted molar refractivity (Wildman–Crippen MR) is 73.6 cm³/mol. The average Bonchev–Trinajstić information content (AvgIpc) is 2.94. The summed E-state index contributed by atoms with van der Waals surface area (Å²) in [4.78, 5) is 20.1. The minimum atomic E-state index is -0.441. The van der Waals surface area contributed by atoms with Gasteiger partial charge in [-0.05, 0) is 6.07 Å². The maximum Gasteiger partial charge on any atom is 0.253 e. The fourth-order valence-electron chi connectivity index (χ4n) is 2.37. The molecule has 1 aliphatic heterocycles. The molecule has 7 heteroatoms. The second kappa shape index (κ2) is 5.09. The Kier molecular flexibility index (Phi) is 3.27. The van der Waals surface area contributed by atoms with Crippen LogP contribution in [0.1, 0.15) is 0 Å². The average molecular weight is 275 g/mol. The third kappa shape index (κ3) is 2.20. The molecule has 1 aliphatic rings. The van der Waals surface area contributed by atoms with Crippen molar-refractivity contribution in [3.8, 4) is 0 Å². The van der Waals surface area contributed by atoms with E-state index < -0.39 is 6.10 Å². The Morgan fingerprint density at radius 1 is 1.45 bits per heavy atom. The van der Waals surface area contributed by atoms with Gasteiger partial charge in [-0.3, -0.25) is 4.79 Å². The van der Waals surface area contributed by atoms with Crippen LogP contribution in [0.15, 0.2) is 24.7 Å². The number of fused-ring (bicyclic) bond motifs is 1. The number of aromatic nitrogens is 3. The van der Waals surface area contributed by atoms with Crippen molar-refractivity contribution in [2.24, 2.45) is 0 Å². The van der Waals surface area contributed by atoms with E-state index in [2.05, 4.69) is 15.0 Å². The minimum absolute atomic E-state index is 0.0184. The number of carbonyl (C=O) groups excluding carboxylic acids is 1. The Labute approximate surface area is 116 Å². The number of rotatable bonds is 2. The minimum Gasteiger partial charge on any atom is -0.365 e. The van der Waals surface area contributed by atoms with E-state index in [4.69, 9.17) is 4.74 Å². The highest BCUT2D eigenvalue weighted by molar-refractivity contribution is 5.81. The van der Waals surface area contributed by atoms with Gasteiger partial charge in [-0.15, -0.1) is 0 Å². The summed E-state index contributed by atoms with van der Waals surface area (Å²) in [6.07, 6.45) is 4.82. The number of amides is 1. The molecule has 3 heterocycles. The van der Waals surface area contributed by atoms with Crippen LogP contribution >= 0.6 is 0 Å². The van der Waals surface area contributed by atoms with E-state index >= 15 is 0 Å². The number of anilines is 1. The number of hydrogen-bond acceptors (Lipinski definition) is 5. The molecule has 0 aliphatic carbocycles. The van der Waals surface area contributed by atoms with Crippen molar-refractivity contribution in [2.75, 3.05) is 38.7 Å².